The first kappa shape index (κ1) is 35.0. The molecule has 0 saturated carbocycles. The van der Waals surface area contributed by atoms with E-state index in [9.17, 15) is 13.2 Å². The second-order valence-electron chi connectivity index (χ2n) is 12.4. The van der Waals surface area contributed by atoms with Gasteiger partial charge in [-0.05, 0) is 76.3 Å². The van der Waals surface area contributed by atoms with Gasteiger partial charge in [0.1, 0.15) is 22.1 Å². The molecule has 14 heteroatoms. The van der Waals surface area contributed by atoms with Crippen LogP contribution in [0, 0.1) is 0 Å². The van der Waals surface area contributed by atoms with Crippen molar-refractivity contribution in [1.29, 1.82) is 0 Å². The number of anilines is 1. The van der Waals surface area contributed by atoms with Gasteiger partial charge in [-0.1, -0.05) is 29.8 Å². The molecule has 262 valence electrons. The Kier molecular flexibility index (Phi) is 10.1. The first-order chi connectivity index (χ1) is 23.6. The smallest absolute Gasteiger partial charge is 0.274 e. The number of benzene rings is 3. The van der Waals surface area contributed by atoms with E-state index in [1.165, 1.54) is 50.6 Å². The Morgan fingerprint density at radius 3 is 2.31 bits per heavy atom. The molecule has 2 amide bonds. The number of ether oxygens (including phenoxy) is 3. The van der Waals surface area contributed by atoms with Gasteiger partial charge in [0, 0.05) is 54.4 Å². The Bertz CT molecular complexity index is 1830. The Hall–Kier alpha value is -3.88. The second-order valence-corrected chi connectivity index (χ2v) is 14.6. The van der Waals surface area contributed by atoms with Crippen molar-refractivity contribution in [3.63, 3.8) is 0 Å². The summed E-state index contributed by atoms with van der Waals surface area (Å²) < 4.78 is 46.5. The van der Waals surface area contributed by atoms with Gasteiger partial charge in [0.2, 0.25) is 0 Å². The number of carbonyl (C=O) groups is 2. The average molecular weight is 712 g/mol. The maximum absolute atomic E-state index is 15.2. The number of piperidine rings is 1. The van der Waals surface area contributed by atoms with Gasteiger partial charge in [-0.3, -0.25) is 19.9 Å². The number of sulfonamides is 1. The van der Waals surface area contributed by atoms with Gasteiger partial charge in [-0.25, -0.2) is 17.7 Å². The first-order valence-electron chi connectivity index (χ1n) is 16.4. The van der Waals surface area contributed by atoms with Crippen molar-refractivity contribution in [2.24, 2.45) is 0 Å². The number of halogens is 1. The molecule has 3 heterocycles. The summed E-state index contributed by atoms with van der Waals surface area (Å²) in [5.41, 5.74) is 1.16. The van der Waals surface area contributed by atoms with Crippen molar-refractivity contribution in [2.45, 2.75) is 36.1 Å². The Morgan fingerprint density at radius 1 is 0.918 bits per heavy atom. The fourth-order valence-electron chi connectivity index (χ4n) is 7.13. The number of hydrogen-bond acceptors (Lipinski definition) is 10. The third kappa shape index (κ3) is 6.23. The summed E-state index contributed by atoms with van der Waals surface area (Å²) >= 11 is 6.55. The number of fused-ring (bicyclic) bond motifs is 1. The van der Waals surface area contributed by atoms with Gasteiger partial charge in [0.15, 0.2) is 5.41 Å². The van der Waals surface area contributed by atoms with Crippen LogP contribution in [0.4, 0.5) is 5.69 Å². The average Bonchev–Trinajstić information content (AvgIpc) is 3.37. The van der Waals surface area contributed by atoms with Gasteiger partial charge < -0.3 is 19.1 Å². The van der Waals surface area contributed by atoms with Gasteiger partial charge >= 0.3 is 0 Å². The predicted octanol–water partition coefficient (Wildman–Crippen LogP) is 3.52. The van der Waals surface area contributed by atoms with Crippen LogP contribution in [0.15, 0.2) is 65.6 Å². The molecular weight excluding hydrogens is 670 g/mol. The van der Waals surface area contributed by atoms with E-state index in [-0.39, 0.29) is 44.8 Å². The zero-order valence-corrected chi connectivity index (χ0v) is 29.7. The minimum atomic E-state index is -4.66. The molecule has 0 radical (unpaired) electrons. The molecule has 1 N–H and O–H groups in total. The van der Waals surface area contributed by atoms with Crippen LogP contribution in [-0.2, 0) is 25.0 Å². The van der Waals surface area contributed by atoms with Crippen molar-refractivity contribution in [3.8, 4) is 17.2 Å². The van der Waals surface area contributed by atoms with Crippen molar-refractivity contribution >= 4 is 39.1 Å². The number of carbonyl (C=O) groups excluding carboxylic acids is 2. The van der Waals surface area contributed by atoms with Crippen LogP contribution in [0.5, 0.6) is 17.2 Å². The van der Waals surface area contributed by atoms with E-state index < -0.39 is 27.3 Å². The molecule has 12 nitrogen and oxygen atoms in total. The Balaban J connectivity index is 1.44. The third-order valence-electron chi connectivity index (χ3n) is 9.69. The van der Waals surface area contributed by atoms with Crippen molar-refractivity contribution in [3.05, 3.63) is 76.8 Å². The molecule has 6 rings (SSSR count). The van der Waals surface area contributed by atoms with Crippen LogP contribution < -0.4 is 23.9 Å². The van der Waals surface area contributed by atoms with E-state index >= 15 is 4.79 Å². The summed E-state index contributed by atoms with van der Waals surface area (Å²) in [5, 5.41) is 2.03. The quantitative estimate of drug-likeness (QED) is 0.313. The van der Waals surface area contributed by atoms with Crippen molar-refractivity contribution in [2.75, 3.05) is 71.4 Å². The highest BCUT2D eigenvalue weighted by Gasteiger charge is 2.62. The molecular formula is C35H42ClN5O7S. The SMILES string of the molecule is CCOc1ccccc1C1(C(=O)NN2CCN(C3CCN(C)CC3)CC2)C(=O)N(S(=O)(=O)c2ccc(OC)cc2OC)c2ccc(Cl)cc21. The standard InChI is InChI=1S/C35H42ClN5O7S/c1-5-48-30-9-7-6-8-27(30)35(33(42)37-40-20-18-39(19-21-40)25-14-16-38(2)17-15-25)28-22-24(36)10-12-29(28)41(34(35)43)49(44,45)32-13-11-26(46-3)23-31(32)47-4/h6-13,22-23,25H,5,14-21H2,1-4H3,(H,37,42). The predicted molar refractivity (Wildman–Crippen MR) is 186 cm³/mol. The highest BCUT2D eigenvalue weighted by atomic mass is 35.5. The van der Waals surface area contributed by atoms with Crippen LogP contribution in [0.25, 0.3) is 0 Å². The summed E-state index contributed by atoms with van der Waals surface area (Å²) in [6.45, 7) is 6.68. The zero-order valence-electron chi connectivity index (χ0n) is 28.1. The number of likely N-dealkylation sites (tertiary alicyclic amines) is 1. The highest BCUT2D eigenvalue weighted by Crippen LogP contribution is 2.52. The lowest BCUT2D eigenvalue weighted by Gasteiger charge is -2.42. The van der Waals surface area contributed by atoms with Crippen LogP contribution in [-0.4, -0.2) is 108 Å². The number of hydrazine groups is 1. The lowest BCUT2D eigenvalue weighted by molar-refractivity contribution is -0.137. The molecule has 0 aromatic heterocycles. The summed E-state index contributed by atoms with van der Waals surface area (Å²) in [5.74, 6) is -1.09. The highest BCUT2D eigenvalue weighted by molar-refractivity contribution is 7.93. The summed E-state index contributed by atoms with van der Waals surface area (Å²) in [7, 11) is 0.255. The fraction of sp³-hybridized carbons (Fsp3) is 0.429. The normalized spacial score (nSPS) is 21.0. The number of hydrogen-bond donors (Lipinski definition) is 1. The molecule has 2 fully saturated rings. The van der Waals surface area contributed by atoms with Gasteiger partial charge in [-0.2, -0.15) is 0 Å². The monoisotopic (exact) mass is 711 g/mol. The van der Waals surface area contributed by atoms with Crippen LogP contribution >= 0.6 is 11.6 Å². The minimum Gasteiger partial charge on any atom is -0.497 e. The van der Waals surface area contributed by atoms with E-state index in [1.807, 2.05) is 0 Å². The number of methoxy groups -OCH3 is 2. The van der Waals surface area contributed by atoms with E-state index in [0.29, 0.717) is 29.2 Å². The fourth-order valence-corrected chi connectivity index (χ4v) is 8.91. The number of nitrogens with one attached hydrogen (secondary N) is 1. The van der Waals surface area contributed by atoms with E-state index in [2.05, 4.69) is 22.3 Å². The molecule has 49 heavy (non-hydrogen) atoms. The maximum Gasteiger partial charge on any atom is 0.274 e. The molecule has 0 aliphatic carbocycles. The zero-order chi connectivity index (χ0) is 34.9. The number of nitrogens with zero attached hydrogens (tertiary/aromatic N) is 4. The molecule has 1 unspecified atom stereocenters. The van der Waals surface area contributed by atoms with E-state index in [1.54, 1.807) is 36.2 Å². The molecule has 1 atom stereocenters. The number of rotatable bonds is 10. The minimum absolute atomic E-state index is 0.000749. The third-order valence-corrected chi connectivity index (χ3v) is 11.7. The largest absolute Gasteiger partial charge is 0.497 e. The van der Waals surface area contributed by atoms with Crippen LogP contribution in [0.3, 0.4) is 0 Å². The summed E-state index contributed by atoms with van der Waals surface area (Å²) in [6.07, 6.45) is 2.19. The summed E-state index contributed by atoms with van der Waals surface area (Å²) in [6, 6.07) is 15.8. The summed E-state index contributed by atoms with van der Waals surface area (Å²) in [4.78, 5) is 34.6. The molecule has 0 spiro atoms. The Labute approximate surface area is 292 Å². The molecule has 3 aliphatic rings. The lowest BCUT2D eigenvalue weighted by atomic mass is 9.74. The molecule has 2 saturated heterocycles. The molecule has 3 aromatic carbocycles. The van der Waals surface area contributed by atoms with Crippen molar-refractivity contribution in [1.82, 2.24) is 20.2 Å². The molecule has 3 aromatic rings. The van der Waals surface area contributed by atoms with Gasteiger partial charge in [-0.15, -0.1) is 0 Å². The maximum atomic E-state index is 15.2. The Morgan fingerprint density at radius 2 is 1.63 bits per heavy atom. The molecule has 0 bridgehead atoms. The van der Waals surface area contributed by atoms with E-state index in [0.717, 1.165) is 39.0 Å². The van der Waals surface area contributed by atoms with Gasteiger partial charge in [0.05, 0.1) is 26.5 Å². The number of amides is 2. The van der Waals surface area contributed by atoms with Crippen LogP contribution in [0.2, 0.25) is 5.02 Å². The number of para-hydroxylation sites is 1. The lowest BCUT2D eigenvalue weighted by Crippen LogP contribution is -2.61. The van der Waals surface area contributed by atoms with Crippen LogP contribution in [0.1, 0.15) is 30.9 Å². The first-order valence-corrected chi connectivity index (χ1v) is 18.2. The van der Waals surface area contributed by atoms with Gasteiger partial charge in [0.25, 0.3) is 21.8 Å². The molecule has 3 aliphatic heterocycles. The van der Waals surface area contributed by atoms with Crippen molar-refractivity contribution < 1.29 is 32.2 Å². The van der Waals surface area contributed by atoms with E-state index in [4.69, 9.17) is 25.8 Å². The topological polar surface area (TPSA) is 121 Å². The second kappa shape index (κ2) is 14.2. The number of piperazine rings is 1.